The van der Waals surface area contributed by atoms with Gasteiger partial charge in [0.15, 0.2) is 0 Å². The highest BCUT2D eigenvalue weighted by molar-refractivity contribution is 7.90. The lowest BCUT2D eigenvalue weighted by Gasteiger charge is -2.15. The Hall–Kier alpha value is -0.660. The molecule has 0 aromatic heterocycles. The fraction of sp³-hybridized carbons (Fsp3) is 0.900. The lowest BCUT2D eigenvalue weighted by Crippen LogP contribution is -2.44. The summed E-state index contributed by atoms with van der Waals surface area (Å²) in [5, 5.41) is 5.58. The molecule has 2 unspecified atom stereocenters. The fourth-order valence-corrected chi connectivity index (χ4v) is 2.42. The predicted octanol–water partition coefficient (Wildman–Crippen LogP) is -0.840. The van der Waals surface area contributed by atoms with Crippen molar-refractivity contribution in [3.63, 3.8) is 0 Å². The highest BCUT2D eigenvalue weighted by Crippen LogP contribution is 1.89. The summed E-state index contributed by atoms with van der Waals surface area (Å²) in [6, 6.07) is -0.298. The van der Waals surface area contributed by atoms with Crippen LogP contribution in [0.25, 0.3) is 0 Å². The third-order valence-corrected chi connectivity index (χ3v) is 3.09. The summed E-state index contributed by atoms with van der Waals surface area (Å²) in [4.78, 5) is 11.4. The number of carbonyl (C=O) groups excluding carboxylic acids is 1. The average molecular weight is 266 g/mol. The van der Waals surface area contributed by atoms with Gasteiger partial charge in [-0.2, -0.15) is 0 Å². The predicted molar refractivity (Wildman–Crippen MR) is 66.7 cm³/mol. The van der Waals surface area contributed by atoms with E-state index in [-0.39, 0.29) is 30.3 Å². The fourth-order valence-electron chi connectivity index (χ4n) is 1.40. The zero-order valence-corrected chi connectivity index (χ0v) is 11.6. The number of methoxy groups -OCH3 is 1. The smallest absolute Gasteiger partial charge is 0.234 e. The standard InChI is InChI=1S/C10H22N2O4S/c1-8(6-16-3)12-10(13)5-11-9(2)7-17(4,14)15/h8-9,11H,5-7H2,1-4H3,(H,12,13). The van der Waals surface area contributed by atoms with Crippen LogP contribution in [0.5, 0.6) is 0 Å². The molecular weight excluding hydrogens is 244 g/mol. The molecule has 2 N–H and O–H groups in total. The SMILES string of the molecule is COCC(C)NC(=O)CNC(C)CS(C)(=O)=O. The second-order valence-corrected chi connectivity index (χ2v) is 6.48. The minimum absolute atomic E-state index is 0.0217. The third-order valence-electron chi connectivity index (χ3n) is 1.99. The van der Waals surface area contributed by atoms with Crippen molar-refractivity contribution in [1.29, 1.82) is 0 Å². The van der Waals surface area contributed by atoms with Gasteiger partial charge in [0.05, 0.1) is 18.9 Å². The Kier molecular flexibility index (Phi) is 7.33. The van der Waals surface area contributed by atoms with E-state index in [4.69, 9.17) is 4.74 Å². The maximum Gasteiger partial charge on any atom is 0.234 e. The maximum absolute atomic E-state index is 11.4. The summed E-state index contributed by atoms with van der Waals surface area (Å²) in [5.41, 5.74) is 0. The first-order valence-corrected chi connectivity index (χ1v) is 7.50. The molecule has 0 radical (unpaired) electrons. The number of nitrogens with one attached hydrogen (secondary N) is 2. The molecule has 0 rings (SSSR count). The van der Waals surface area contributed by atoms with E-state index in [1.165, 1.54) is 6.26 Å². The number of ether oxygens (including phenoxy) is 1. The number of carbonyl (C=O) groups is 1. The van der Waals surface area contributed by atoms with Crippen LogP contribution in [0.1, 0.15) is 13.8 Å². The van der Waals surface area contributed by atoms with Crippen LogP contribution in [0.2, 0.25) is 0 Å². The van der Waals surface area contributed by atoms with Gasteiger partial charge in [-0.15, -0.1) is 0 Å². The highest BCUT2D eigenvalue weighted by atomic mass is 32.2. The van der Waals surface area contributed by atoms with Crippen molar-refractivity contribution in [2.45, 2.75) is 25.9 Å². The quantitative estimate of drug-likeness (QED) is 0.598. The van der Waals surface area contributed by atoms with Crippen LogP contribution in [-0.4, -0.2) is 58.7 Å². The summed E-state index contributed by atoms with van der Waals surface area (Å²) >= 11 is 0. The first-order valence-electron chi connectivity index (χ1n) is 5.44. The monoisotopic (exact) mass is 266 g/mol. The molecule has 2 atom stereocenters. The normalized spacial score (nSPS) is 15.3. The number of sulfone groups is 1. The molecule has 0 aliphatic rings. The number of hydrogen-bond donors (Lipinski definition) is 2. The van der Waals surface area contributed by atoms with E-state index in [1.54, 1.807) is 14.0 Å². The molecule has 0 spiro atoms. The van der Waals surface area contributed by atoms with Gasteiger partial charge in [0.1, 0.15) is 9.84 Å². The van der Waals surface area contributed by atoms with E-state index in [2.05, 4.69) is 10.6 Å². The first-order chi connectivity index (χ1) is 7.74. The van der Waals surface area contributed by atoms with Gasteiger partial charge in [-0.05, 0) is 13.8 Å². The maximum atomic E-state index is 11.4. The molecule has 0 aromatic rings. The van der Waals surface area contributed by atoms with Gasteiger partial charge in [0.25, 0.3) is 0 Å². The third kappa shape index (κ3) is 10.2. The van der Waals surface area contributed by atoms with Gasteiger partial charge in [-0.3, -0.25) is 4.79 Å². The van der Waals surface area contributed by atoms with Gasteiger partial charge in [-0.1, -0.05) is 0 Å². The van der Waals surface area contributed by atoms with E-state index in [1.807, 2.05) is 6.92 Å². The Bertz CT molecular complexity index is 329. The van der Waals surface area contributed by atoms with Gasteiger partial charge >= 0.3 is 0 Å². The molecule has 0 bridgehead atoms. The summed E-state index contributed by atoms with van der Waals surface area (Å²) in [6.45, 7) is 4.11. The van der Waals surface area contributed by atoms with Crippen molar-refractivity contribution in [2.75, 3.05) is 32.3 Å². The summed E-state index contributed by atoms with van der Waals surface area (Å²) in [7, 11) is -1.45. The zero-order valence-electron chi connectivity index (χ0n) is 10.8. The van der Waals surface area contributed by atoms with E-state index < -0.39 is 9.84 Å². The lowest BCUT2D eigenvalue weighted by atomic mass is 10.3. The number of hydrogen-bond acceptors (Lipinski definition) is 5. The average Bonchev–Trinajstić information content (AvgIpc) is 2.12. The Morgan fingerprint density at radius 1 is 1.29 bits per heavy atom. The molecular formula is C10H22N2O4S. The second-order valence-electron chi connectivity index (χ2n) is 4.30. The van der Waals surface area contributed by atoms with Crippen molar-refractivity contribution in [1.82, 2.24) is 10.6 Å². The summed E-state index contributed by atoms with van der Waals surface area (Å²) in [5.74, 6) is -0.150. The number of amides is 1. The van der Waals surface area contributed by atoms with E-state index in [9.17, 15) is 13.2 Å². The van der Waals surface area contributed by atoms with Crippen molar-refractivity contribution in [3.05, 3.63) is 0 Å². The van der Waals surface area contributed by atoms with E-state index in [0.717, 1.165) is 0 Å². The van der Waals surface area contributed by atoms with Crippen molar-refractivity contribution >= 4 is 15.7 Å². The van der Waals surface area contributed by atoms with Crippen LogP contribution in [0.4, 0.5) is 0 Å². The van der Waals surface area contributed by atoms with Crippen molar-refractivity contribution in [2.24, 2.45) is 0 Å². The molecule has 7 heteroatoms. The highest BCUT2D eigenvalue weighted by Gasteiger charge is 2.12. The largest absolute Gasteiger partial charge is 0.383 e. The number of rotatable bonds is 8. The Morgan fingerprint density at radius 2 is 1.88 bits per heavy atom. The molecule has 17 heavy (non-hydrogen) atoms. The summed E-state index contributed by atoms with van der Waals surface area (Å²) in [6.07, 6.45) is 1.17. The van der Waals surface area contributed by atoms with Crippen LogP contribution >= 0.6 is 0 Å². The first kappa shape index (κ1) is 16.3. The molecule has 0 aliphatic carbocycles. The van der Waals surface area contributed by atoms with Gasteiger partial charge in [0.2, 0.25) is 5.91 Å². The molecule has 6 nitrogen and oxygen atoms in total. The van der Waals surface area contributed by atoms with Gasteiger partial charge in [-0.25, -0.2) is 8.42 Å². The van der Waals surface area contributed by atoms with Crippen LogP contribution in [0.3, 0.4) is 0 Å². The molecule has 0 heterocycles. The minimum atomic E-state index is -3.02. The molecule has 1 amide bonds. The molecule has 0 fully saturated rings. The molecule has 0 saturated carbocycles. The van der Waals surface area contributed by atoms with E-state index in [0.29, 0.717) is 6.61 Å². The summed E-state index contributed by atoms with van der Waals surface area (Å²) < 4.78 is 26.9. The second kappa shape index (κ2) is 7.62. The lowest BCUT2D eigenvalue weighted by molar-refractivity contribution is -0.121. The van der Waals surface area contributed by atoms with E-state index >= 15 is 0 Å². The Labute approximate surface area is 103 Å². The van der Waals surface area contributed by atoms with Crippen molar-refractivity contribution in [3.8, 4) is 0 Å². The van der Waals surface area contributed by atoms with Crippen molar-refractivity contribution < 1.29 is 17.9 Å². The van der Waals surface area contributed by atoms with Crippen LogP contribution in [-0.2, 0) is 19.4 Å². The minimum Gasteiger partial charge on any atom is -0.383 e. The molecule has 102 valence electrons. The Balaban J connectivity index is 3.84. The topological polar surface area (TPSA) is 84.5 Å². The Morgan fingerprint density at radius 3 is 2.35 bits per heavy atom. The van der Waals surface area contributed by atoms with Gasteiger partial charge in [0, 0.05) is 25.4 Å². The van der Waals surface area contributed by atoms with Gasteiger partial charge < -0.3 is 15.4 Å². The zero-order chi connectivity index (χ0) is 13.5. The van der Waals surface area contributed by atoms with Crippen LogP contribution in [0, 0.1) is 0 Å². The van der Waals surface area contributed by atoms with Crippen LogP contribution in [0.15, 0.2) is 0 Å². The van der Waals surface area contributed by atoms with Crippen LogP contribution < -0.4 is 10.6 Å². The molecule has 0 saturated heterocycles. The molecule has 0 aliphatic heterocycles. The molecule has 0 aromatic carbocycles.